The molecule has 4 aromatic heterocycles. The summed E-state index contributed by atoms with van der Waals surface area (Å²) in [7, 11) is 0. The van der Waals surface area contributed by atoms with Crippen molar-refractivity contribution in [1.29, 1.82) is 0 Å². The van der Waals surface area contributed by atoms with Gasteiger partial charge in [0.2, 0.25) is 0 Å². The van der Waals surface area contributed by atoms with Gasteiger partial charge in [0, 0.05) is 23.5 Å². The maximum absolute atomic E-state index is 12.9. The van der Waals surface area contributed by atoms with Crippen molar-refractivity contribution >= 4 is 5.65 Å². The Morgan fingerprint density at radius 2 is 1.96 bits per heavy atom. The molecule has 0 fully saturated rings. The molecule has 0 amide bonds. The fourth-order valence-electron chi connectivity index (χ4n) is 2.41. The SMILES string of the molecule is FC(F)(F)c1cccc(-c2n[nH]cc2-c2ccc3ncnn3c2)n1. The average Bonchev–Trinajstić information content (AvgIpc) is 3.22. The van der Waals surface area contributed by atoms with Crippen LogP contribution in [0.2, 0.25) is 0 Å². The molecule has 0 bridgehead atoms. The van der Waals surface area contributed by atoms with Gasteiger partial charge in [-0.3, -0.25) is 5.10 Å². The molecule has 1 N–H and O–H groups in total. The molecule has 0 aromatic carbocycles. The first-order valence-corrected chi connectivity index (χ1v) is 6.90. The van der Waals surface area contributed by atoms with Crippen LogP contribution >= 0.6 is 0 Å². The van der Waals surface area contributed by atoms with Crippen LogP contribution in [0, 0.1) is 0 Å². The van der Waals surface area contributed by atoms with Gasteiger partial charge >= 0.3 is 6.18 Å². The van der Waals surface area contributed by atoms with Crippen molar-refractivity contribution in [2.45, 2.75) is 6.18 Å². The molecule has 0 saturated carbocycles. The largest absolute Gasteiger partial charge is 0.433 e. The van der Waals surface area contributed by atoms with Crippen LogP contribution in [0.5, 0.6) is 0 Å². The van der Waals surface area contributed by atoms with Gasteiger partial charge in [0.1, 0.15) is 17.7 Å². The van der Waals surface area contributed by atoms with Gasteiger partial charge in [0.05, 0.1) is 5.69 Å². The molecule has 0 spiro atoms. The standard InChI is InChI=1S/C15H9F3N6/c16-15(17,18)12-3-1-2-11(22-12)14-10(6-20-23-14)9-4-5-13-19-8-21-24(13)7-9/h1-8H,(H,20,23). The van der Waals surface area contributed by atoms with Crippen LogP contribution in [0.4, 0.5) is 13.2 Å². The van der Waals surface area contributed by atoms with Crippen LogP contribution in [-0.2, 0) is 6.18 Å². The van der Waals surface area contributed by atoms with Gasteiger partial charge in [-0.25, -0.2) is 14.5 Å². The molecule has 6 nitrogen and oxygen atoms in total. The third-order valence-electron chi connectivity index (χ3n) is 3.51. The molecule has 9 heteroatoms. The minimum atomic E-state index is -4.51. The first kappa shape index (κ1) is 14.4. The van der Waals surface area contributed by atoms with E-state index in [0.29, 0.717) is 16.9 Å². The third kappa shape index (κ3) is 2.39. The number of aromatic nitrogens is 6. The van der Waals surface area contributed by atoms with Crippen LogP contribution in [0.15, 0.2) is 49.1 Å². The van der Waals surface area contributed by atoms with Gasteiger partial charge in [-0.05, 0) is 24.3 Å². The number of halogens is 3. The van der Waals surface area contributed by atoms with Crippen LogP contribution in [-0.4, -0.2) is 29.8 Å². The van der Waals surface area contributed by atoms with E-state index in [2.05, 4.69) is 25.3 Å². The Morgan fingerprint density at radius 1 is 1.08 bits per heavy atom. The molecule has 0 aliphatic carbocycles. The highest BCUT2D eigenvalue weighted by molar-refractivity contribution is 5.78. The molecule has 0 unspecified atom stereocenters. The topological polar surface area (TPSA) is 71.8 Å². The quantitative estimate of drug-likeness (QED) is 0.613. The lowest BCUT2D eigenvalue weighted by molar-refractivity contribution is -0.141. The van der Waals surface area contributed by atoms with Crippen molar-refractivity contribution in [3.8, 4) is 22.5 Å². The molecular weight excluding hydrogens is 321 g/mol. The predicted octanol–water partition coefficient (Wildman–Crippen LogP) is 3.20. The normalized spacial score (nSPS) is 12.0. The molecule has 4 heterocycles. The Hall–Kier alpha value is -3.23. The molecule has 4 rings (SSSR count). The number of rotatable bonds is 2. The molecule has 0 aliphatic rings. The van der Waals surface area contributed by atoms with Gasteiger partial charge < -0.3 is 0 Å². The minimum Gasteiger partial charge on any atom is -0.284 e. The van der Waals surface area contributed by atoms with E-state index >= 15 is 0 Å². The van der Waals surface area contributed by atoms with E-state index in [-0.39, 0.29) is 5.69 Å². The maximum Gasteiger partial charge on any atom is 0.433 e. The summed E-state index contributed by atoms with van der Waals surface area (Å²) in [5.74, 6) is 0. The van der Waals surface area contributed by atoms with Gasteiger partial charge in [-0.15, -0.1) is 0 Å². The first-order valence-electron chi connectivity index (χ1n) is 6.90. The Morgan fingerprint density at radius 3 is 2.79 bits per heavy atom. The number of fused-ring (bicyclic) bond motifs is 1. The number of aromatic amines is 1. The second kappa shape index (κ2) is 5.15. The smallest absolute Gasteiger partial charge is 0.284 e. The summed E-state index contributed by atoms with van der Waals surface area (Å²) in [5, 5.41) is 10.8. The zero-order valence-corrected chi connectivity index (χ0v) is 12.0. The zero-order valence-electron chi connectivity index (χ0n) is 12.0. The van der Waals surface area contributed by atoms with Crippen molar-refractivity contribution in [3.63, 3.8) is 0 Å². The van der Waals surface area contributed by atoms with Crippen molar-refractivity contribution in [3.05, 3.63) is 54.7 Å². The average molecular weight is 330 g/mol. The fourth-order valence-corrected chi connectivity index (χ4v) is 2.41. The van der Waals surface area contributed by atoms with Crippen molar-refractivity contribution < 1.29 is 13.2 Å². The van der Waals surface area contributed by atoms with Crippen LogP contribution in [0.1, 0.15) is 5.69 Å². The van der Waals surface area contributed by atoms with E-state index in [0.717, 1.165) is 11.6 Å². The van der Waals surface area contributed by atoms with Gasteiger partial charge in [-0.1, -0.05) is 6.07 Å². The summed E-state index contributed by atoms with van der Waals surface area (Å²) in [6.07, 6.45) is 0.246. The van der Waals surface area contributed by atoms with Gasteiger partial charge in [0.25, 0.3) is 0 Å². The van der Waals surface area contributed by atoms with Crippen LogP contribution < -0.4 is 0 Å². The molecule has 0 aliphatic heterocycles. The highest BCUT2D eigenvalue weighted by Gasteiger charge is 2.32. The Kier molecular flexibility index (Phi) is 3.08. The highest BCUT2D eigenvalue weighted by atomic mass is 19.4. The molecule has 120 valence electrons. The summed E-state index contributed by atoms with van der Waals surface area (Å²) >= 11 is 0. The Balaban J connectivity index is 1.83. The van der Waals surface area contributed by atoms with E-state index in [1.54, 1.807) is 29.0 Å². The molecule has 24 heavy (non-hydrogen) atoms. The monoisotopic (exact) mass is 330 g/mol. The molecule has 4 aromatic rings. The van der Waals surface area contributed by atoms with E-state index in [4.69, 9.17) is 0 Å². The summed E-state index contributed by atoms with van der Waals surface area (Å²) in [4.78, 5) is 7.73. The lowest BCUT2D eigenvalue weighted by atomic mass is 10.1. The van der Waals surface area contributed by atoms with Crippen molar-refractivity contribution in [2.75, 3.05) is 0 Å². The summed E-state index contributed by atoms with van der Waals surface area (Å²) in [5.41, 5.74) is 1.54. The van der Waals surface area contributed by atoms with Gasteiger partial charge in [0.15, 0.2) is 5.65 Å². The fraction of sp³-hybridized carbons (Fsp3) is 0.0667. The number of hydrogen-bond acceptors (Lipinski definition) is 4. The number of hydrogen-bond donors (Lipinski definition) is 1. The number of pyridine rings is 2. The minimum absolute atomic E-state index is 0.139. The summed E-state index contributed by atoms with van der Waals surface area (Å²) < 4.78 is 40.2. The Labute approximate surface area is 133 Å². The second-order valence-electron chi connectivity index (χ2n) is 5.03. The van der Waals surface area contributed by atoms with E-state index < -0.39 is 11.9 Å². The van der Waals surface area contributed by atoms with Gasteiger partial charge in [-0.2, -0.15) is 23.4 Å². The zero-order chi connectivity index (χ0) is 16.7. The number of H-pyrrole nitrogens is 1. The molecule has 0 saturated heterocycles. The summed E-state index contributed by atoms with van der Waals surface area (Å²) in [6, 6.07) is 7.29. The number of nitrogens with zero attached hydrogens (tertiary/aromatic N) is 5. The van der Waals surface area contributed by atoms with Crippen molar-refractivity contribution in [2.24, 2.45) is 0 Å². The Bertz CT molecular complexity index is 1020. The predicted molar refractivity (Wildman–Crippen MR) is 78.8 cm³/mol. The lowest BCUT2D eigenvalue weighted by Gasteiger charge is -2.07. The number of alkyl halides is 3. The summed E-state index contributed by atoms with van der Waals surface area (Å²) in [6.45, 7) is 0. The van der Waals surface area contributed by atoms with Crippen molar-refractivity contribution in [1.82, 2.24) is 29.8 Å². The molecule has 0 radical (unpaired) electrons. The first-order chi connectivity index (χ1) is 11.5. The maximum atomic E-state index is 12.9. The molecule has 0 atom stereocenters. The highest BCUT2D eigenvalue weighted by Crippen LogP contribution is 2.32. The van der Waals surface area contributed by atoms with E-state index in [1.807, 2.05) is 0 Å². The molecular formula is C15H9F3N6. The number of nitrogens with one attached hydrogen (secondary N) is 1. The van der Waals surface area contributed by atoms with Crippen LogP contribution in [0.25, 0.3) is 28.2 Å². The van der Waals surface area contributed by atoms with E-state index in [9.17, 15) is 13.2 Å². The second-order valence-corrected chi connectivity index (χ2v) is 5.03. The third-order valence-corrected chi connectivity index (χ3v) is 3.51. The lowest BCUT2D eigenvalue weighted by Crippen LogP contribution is -2.08. The van der Waals surface area contributed by atoms with Crippen LogP contribution in [0.3, 0.4) is 0 Å². The van der Waals surface area contributed by atoms with E-state index in [1.165, 1.54) is 18.5 Å².